The molecule has 0 bridgehead atoms. The van der Waals surface area contributed by atoms with Gasteiger partial charge in [0.1, 0.15) is 12.4 Å². The normalized spacial score (nSPS) is 10.6. The molecule has 128 valence electrons. The summed E-state index contributed by atoms with van der Waals surface area (Å²) in [5.41, 5.74) is 0.838. The van der Waals surface area contributed by atoms with Crippen LogP contribution in [0.4, 0.5) is 0 Å². The number of benzene rings is 2. The lowest BCUT2D eigenvalue weighted by Gasteiger charge is -2.11. The van der Waals surface area contributed by atoms with Gasteiger partial charge in [0.25, 0.3) is 0 Å². The molecule has 0 saturated carbocycles. The van der Waals surface area contributed by atoms with Gasteiger partial charge in [-0.1, -0.05) is 47.6 Å². The Labute approximate surface area is 153 Å². The first-order chi connectivity index (χ1) is 12.1. The minimum Gasteiger partial charge on any atom is -0.486 e. The molecular formula is C17H14ClN3O3S. The zero-order chi connectivity index (χ0) is 17.6. The number of hydrogen-bond donors (Lipinski definition) is 1. The third-order valence-electron chi connectivity index (χ3n) is 3.20. The second kappa shape index (κ2) is 8.04. The zero-order valence-electron chi connectivity index (χ0n) is 13.0. The molecule has 0 aliphatic rings. The first-order valence-electron chi connectivity index (χ1n) is 7.36. The zero-order valence-corrected chi connectivity index (χ0v) is 14.6. The van der Waals surface area contributed by atoms with Crippen molar-refractivity contribution in [2.45, 2.75) is 11.8 Å². The van der Waals surface area contributed by atoms with E-state index in [2.05, 4.69) is 10.2 Å². The van der Waals surface area contributed by atoms with Crippen molar-refractivity contribution in [2.24, 2.45) is 0 Å². The summed E-state index contributed by atoms with van der Waals surface area (Å²) in [6.45, 7) is 0.176. The van der Waals surface area contributed by atoms with E-state index in [9.17, 15) is 4.79 Å². The lowest BCUT2D eigenvalue weighted by atomic mass is 10.3. The molecule has 0 aliphatic carbocycles. The van der Waals surface area contributed by atoms with Gasteiger partial charge in [-0.3, -0.25) is 9.36 Å². The maximum Gasteiger partial charge on any atom is 0.313 e. The van der Waals surface area contributed by atoms with Crippen molar-refractivity contribution in [3.63, 3.8) is 0 Å². The van der Waals surface area contributed by atoms with E-state index < -0.39 is 5.97 Å². The quantitative estimate of drug-likeness (QED) is 0.635. The molecule has 2 aromatic carbocycles. The maximum atomic E-state index is 10.9. The Balaban J connectivity index is 1.86. The number of aromatic nitrogens is 3. The second-order valence-electron chi connectivity index (χ2n) is 5.00. The Bertz CT molecular complexity index is 871. The van der Waals surface area contributed by atoms with E-state index in [-0.39, 0.29) is 12.4 Å². The predicted octanol–water partition coefficient (Wildman–Crippen LogP) is 3.68. The number of carboxylic acid groups (broad SMARTS) is 1. The third-order valence-corrected chi connectivity index (χ3v) is 4.35. The third kappa shape index (κ3) is 4.52. The molecule has 3 rings (SSSR count). The molecule has 0 atom stereocenters. The number of ether oxygens (including phenoxy) is 1. The number of thioether (sulfide) groups is 1. The minimum absolute atomic E-state index is 0.0971. The average molecular weight is 376 g/mol. The number of hydrogen-bond acceptors (Lipinski definition) is 5. The molecule has 0 unspecified atom stereocenters. The van der Waals surface area contributed by atoms with Crippen LogP contribution in [0.25, 0.3) is 5.69 Å². The molecule has 6 nitrogen and oxygen atoms in total. The summed E-state index contributed by atoms with van der Waals surface area (Å²) in [4.78, 5) is 10.9. The van der Waals surface area contributed by atoms with Crippen LogP contribution in [0.1, 0.15) is 5.82 Å². The monoisotopic (exact) mass is 375 g/mol. The molecule has 0 saturated heterocycles. The Kier molecular flexibility index (Phi) is 5.57. The molecule has 3 aromatic rings. The fourth-order valence-electron chi connectivity index (χ4n) is 2.15. The highest BCUT2D eigenvalue weighted by molar-refractivity contribution is 7.99. The van der Waals surface area contributed by atoms with E-state index in [0.717, 1.165) is 17.4 Å². The summed E-state index contributed by atoms with van der Waals surface area (Å²) in [7, 11) is 0. The van der Waals surface area contributed by atoms with Gasteiger partial charge in [-0.15, -0.1) is 10.2 Å². The topological polar surface area (TPSA) is 77.2 Å². The Morgan fingerprint density at radius 3 is 2.68 bits per heavy atom. The fraction of sp³-hybridized carbons (Fsp3) is 0.118. The second-order valence-corrected chi connectivity index (χ2v) is 6.38. The molecule has 25 heavy (non-hydrogen) atoms. The van der Waals surface area contributed by atoms with Crippen molar-refractivity contribution < 1.29 is 14.6 Å². The van der Waals surface area contributed by atoms with E-state index in [1.807, 2.05) is 30.3 Å². The summed E-state index contributed by atoms with van der Waals surface area (Å²) in [5, 5.41) is 18.2. The maximum absolute atomic E-state index is 10.9. The predicted molar refractivity (Wildman–Crippen MR) is 95.5 cm³/mol. The minimum atomic E-state index is -0.913. The van der Waals surface area contributed by atoms with Crippen molar-refractivity contribution in [1.29, 1.82) is 0 Å². The molecule has 1 heterocycles. The van der Waals surface area contributed by atoms with E-state index in [1.54, 1.807) is 28.8 Å². The highest BCUT2D eigenvalue weighted by Crippen LogP contribution is 2.23. The van der Waals surface area contributed by atoms with Crippen molar-refractivity contribution >= 4 is 29.3 Å². The summed E-state index contributed by atoms with van der Waals surface area (Å²) >= 11 is 7.06. The van der Waals surface area contributed by atoms with Crippen LogP contribution >= 0.6 is 23.4 Å². The molecule has 0 radical (unpaired) electrons. The number of halogens is 1. The van der Waals surface area contributed by atoms with Crippen LogP contribution < -0.4 is 4.74 Å². The summed E-state index contributed by atoms with van der Waals surface area (Å²) in [5.74, 6) is 0.179. The molecule has 0 fully saturated rings. The van der Waals surface area contributed by atoms with Gasteiger partial charge in [-0.05, 0) is 30.3 Å². The number of carboxylic acids is 1. The van der Waals surface area contributed by atoms with Gasteiger partial charge in [0.15, 0.2) is 11.0 Å². The van der Waals surface area contributed by atoms with Gasteiger partial charge in [0, 0.05) is 10.7 Å². The number of para-hydroxylation sites is 1. The highest BCUT2D eigenvalue weighted by Gasteiger charge is 2.16. The van der Waals surface area contributed by atoms with E-state index in [4.69, 9.17) is 21.4 Å². The van der Waals surface area contributed by atoms with Crippen LogP contribution in [-0.2, 0) is 11.4 Å². The molecule has 0 aliphatic heterocycles. The average Bonchev–Trinajstić information content (AvgIpc) is 3.02. The fourth-order valence-corrected chi connectivity index (χ4v) is 3.03. The van der Waals surface area contributed by atoms with Crippen LogP contribution in [0.2, 0.25) is 5.02 Å². The summed E-state index contributed by atoms with van der Waals surface area (Å²) in [6.07, 6.45) is 0. The number of rotatable bonds is 7. The van der Waals surface area contributed by atoms with Crippen molar-refractivity contribution in [3.05, 3.63) is 65.4 Å². The van der Waals surface area contributed by atoms with Gasteiger partial charge in [0.2, 0.25) is 0 Å². The van der Waals surface area contributed by atoms with Crippen molar-refractivity contribution in [3.8, 4) is 11.4 Å². The summed E-state index contributed by atoms with van der Waals surface area (Å²) in [6, 6.07) is 16.6. The lowest BCUT2D eigenvalue weighted by Crippen LogP contribution is -2.07. The van der Waals surface area contributed by atoms with Gasteiger partial charge >= 0.3 is 5.97 Å². The van der Waals surface area contributed by atoms with Crippen LogP contribution in [-0.4, -0.2) is 31.6 Å². The standard InChI is InChI=1S/C17H14ClN3O3S/c18-12-5-4-8-14(9-12)24-10-15-19-20-17(25-11-16(22)23)21(15)13-6-2-1-3-7-13/h1-9H,10-11H2,(H,22,23). The smallest absolute Gasteiger partial charge is 0.313 e. The molecule has 0 spiro atoms. The van der Waals surface area contributed by atoms with E-state index in [0.29, 0.717) is 21.8 Å². The SMILES string of the molecule is O=C(O)CSc1nnc(COc2cccc(Cl)c2)n1-c1ccccc1. The number of carbonyl (C=O) groups is 1. The van der Waals surface area contributed by atoms with E-state index >= 15 is 0 Å². The van der Waals surface area contributed by atoms with Crippen LogP contribution in [0.15, 0.2) is 59.8 Å². The van der Waals surface area contributed by atoms with Gasteiger partial charge < -0.3 is 9.84 Å². The Hall–Kier alpha value is -2.51. The Morgan fingerprint density at radius 2 is 1.96 bits per heavy atom. The van der Waals surface area contributed by atoms with Gasteiger partial charge in [-0.25, -0.2) is 0 Å². The Morgan fingerprint density at radius 1 is 1.16 bits per heavy atom. The number of aliphatic carboxylic acids is 1. The molecular weight excluding hydrogens is 362 g/mol. The van der Waals surface area contributed by atoms with Gasteiger partial charge in [0.05, 0.1) is 5.75 Å². The molecule has 1 aromatic heterocycles. The van der Waals surface area contributed by atoms with Crippen LogP contribution in [0.3, 0.4) is 0 Å². The number of nitrogens with zero attached hydrogens (tertiary/aromatic N) is 3. The first kappa shape index (κ1) is 17.3. The molecule has 0 amide bonds. The first-order valence-corrected chi connectivity index (χ1v) is 8.72. The molecule has 1 N–H and O–H groups in total. The van der Waals surface area contributed by atoms with Crippen LogP contribution in [0.5, 0.6) is 5.75 Å². The van der Waals surface area contributed by atoms with Gasteiger partial charge in [-0.2, -0.15) is 0 Å². The highest BCUT2D eigenvalue weighted by atomic mass is 35.5. The lowest BCUT2D eigenvalue weighted by molar-refractivity contribution is -0.133. The largest absolute Gasteiger partial charge is 0.486 e. The van der Waals surface area contributed by atoms with Crippen LogP contribution in [0, 0.1) is 0 Å². The molecule has 8 heteroatoms. The van der Waals surface area contributed by atoms with E-state index in [1.165, 1.54) is 0 Å². The summed E-state index contributed by atoms with van der Waals surface area (Å²) < 4.78 is 7.53. The van der Waals surface area contributed by atoms with Crippen molar-refractivity contribution in [2.75, 3.05) is 5.75 Å². The van der Waals surface area contributed by atoms with Crippen molar-refractivity contribution in [1.82, 2.24) is 14.8 Å².